The molecule has 11 aromatic rings. The van der Waals surface area contributed by atoms with Crippen LogP contribution in [0.1, 0.15) is 40.8 Å². The van der Waals surface area contributed by atoms with Gasteiger partial charge in [-0.1, -0.05) is 176 Å². The quantitative estimate of drug-likeness (QED) is 0.166. The van der Waals surface area contributed by atoms with E-state index in [2.05, 4.69) is 206 Å². The molecule has 0 saturated carbocycles. The highest BCUT2D eigenvalue weighted by atomic mass is 15.3. The molecule has 0 amide bonds. The maximum absolute atomic E-state index is 5.42. The third-order valence-corrected chi connectivity index (χ3v) is 14.1. The number of benzene rings is 8. The van der Waals surface area contributed by atoms with Crippen LogP contribution in [0.3, 0.4) is 0 Å². The van der Waals surface area contributed by atoms with Crippen LogP contribution in [0, 0.1) is 0 Å². The van der Waals surface area contributed by atoms with E-state index in [0.717, 1.165) is 79.6 Å². The maximum atomic E-state index is 5.42. The van der Waals surface area contributed by atoms with Gasteiger partial charge < -0.3 is 0 Å². The van der Waals surface area contributed by atoms with Crippen LogP contribution in [0.15, 0.2) is 206 Å². The molecule has 0 bridgehead atoms. The van der Waals surface area contributed by atoms with Gasteiger partial charge in [-0.2, -0.15) is 5.10 Å². The van der Waals surface area contributed by atoms with Gasteiger partial charge in [-0.05, 0) is 110 Å². The third kappa shape index (κ3) is 4.91. The van der Waals surface area contributed by atoms with Crippen LogP contribution in [-0.2, 0) is 5.41 Å². The van der Waals surface area contributed by atoms with Crippen molar-refractivity contribution in [3.8, 4) is 56.0 Å². The molecule has 0 unspecified atom stereocenters. The molecular weight excluding hydrogens is 777 g/mol. The van der Waals surface area contributed by atoms with Crippen LogP contribution in [0.2, 0.25) is 0 Å². The van der Waals surface area contributed by atoms with Crippen molar-refractivity contribution in [3.63, 3.8) is 0 Å². The molecule has 0 N–H and O–H groups in total. The van der Waals surface area contributed by atoms with Crippen LogP contribution < -0.4 is 0 Å². The number of hydrogen-bond acceptors (Lipinski definition) is 3. The van der Waals surface area contributed by atoms with Crippen molar-refractivity contribution < 1.29 is 0 Å². The summed E-state index contributed by atoms with van der Waals surface area (Å²) in [5, 5.41) is 9.76. The second-order valence-corrected chi connectivity index (χ2v) is 17.4. The van der Waals surface area contributed by atoms with E-state index in [-0.39, 0.29) is 0 Å². The number of pyridine rings is 1. The summed E-state index contributed by atoms with van der Waals surface area (Å²) in [4.78, 5) is 10.6. The van der Waals surface area contributed by atoms with Gasteiger partial charge in [-0.25, -0.2) is 14.5 Å². The number of allylic oxidation sites excluding steroid dienone is 4. The van der Waals surface area contributed by atoms with E-state index in [9.17, 15) is 0 Å². The van der Waals surface area contributed by atoms with Gasteiger partial charge in [0.15, 0.2) is 5.82 Å². The zero-order valence-corrected chi connectivity index (χ0v) is 34.8. The topological polar surface area (TPSA) is 43.1 Å². The second kappa shape index (κ2) is 13.4. The van der Waals surface area contributed by atoms with Crippen molar-refractivity contribution in [2.75, 3.05) is 0 Å². The summed E-state index contributed by atoms with van der Waals surface area (Å²) in [6.45, 7) is 0. The van der Waals surface area contributed by atoms with Gasteiger partial charge in [-0.3, -0.25) is 0 Å². The summed E-state index contributed by atoms with van der Waals surface area (Å²) in [5.41, 5.74) is 20.7. The first-order valence-electron chi connectivity index (χ1n) is 22.3. The fourth-order valence-electron chi connectivity index (χ4n) is 11.2. The highest BCUT2D eigenvalue weighted by Gasteiger charge is 2.51. The van der Waals surface area contributed by atoms with Gasteiger partial charge in [0.2, 0.25) is 0 Å². The number of para-hydroxylation sites is 2. The number of fused-ring (bicyclic) bond motifs is 16. The molecule has 0 aliphatic heterocycles. The van der Waals surface area contributed by atoms with Crippen molar-refractivity contribution in [2.45, 2.75) is 18.3 Å². The summed E-state index contributed by atoms with van der Waals surface area (Å²) in [5.74, 6) is 0.831. The Kier molecular flexibility index (Phi) is 7.41. The Hall–Kier alpha value is -8.21. The first kappa shape index (κ1) is 35.4. The van der Waals surface area contributed by atoms with Crippen molar-refractivity contribution in [2.24, 2.45) is 0 Å². The molecule has 1 spiro atoms. The molecule has 3 aromatic heterocycles. The van der Waals surface area contributed by atoms with Crippen molar-refractivity contribution >= 4 is 43.7 Å². The fraction of sp³-hybridized carbons (Fsp3) is 0.0500. The number of rotatable bonds is 4. The Morgan fingerprint density at radius 1 is 0.422 bits per heavy atom. The second-order valence-electron chi connectivity index (χ2n) is 17.4. The molecule has 3 aliphatic rings. The Balaban J connectivity index is 0.885. The van der Waals surface area contributed by atoms with Crippen LogP contribution in [0.25, 0.3) is 99.7 Å². The molecule has 298 valence electrons. The predicted molar refractivity (Wildman–Crippen MR) is 262 cm³/mol. The molecule has 0 atom stereocenters. The van der Waals surface area contributed by atoms with Gasteiger partial charge in [0.05, 0.1) is 33.4 Å². The van der Waals surface area contributed by atoms with E-state index in [1.165, 1.54) is 60.9 Å². The lowest BCUT2D eigenvalue weighted by Crippen LogP contribution is -2.25. The van der Waals surface area contributed by atoms with Crippen LogP contribution in [-0.4, -0.2) is 19.6 Å². The molecule has 4 heteroatoms. The third-order valence-electron chi connectivity index (χ3n) is 14.1. The average molecular weight is 815 g/mol. The lowest BCUT2D eigenvalue weighted by molar-refractivity contribution is 0.795. The molecule has 14 rings (SSSR count). The molecular formula is C60H38N4. The average Bonchev–Trinajstić information content (AvgIpc) is 4.04. The molecule has 8 aromatic carbocycles. The Morgan fingerprint density at radius 3 is 1.64 bits per heavy atom. The Morgan fingerprint density at radius 2 is 0.984 bits per heavy atom. The monoisotopic (exact) mass is 814 g/mol. The Labute approximate surface area is 370 Å². The molecule has 3 heterocycles. The minimum atomic E-state index is -0.406. The standard InChI is InChI=1S/C60H38N4/c1-2-14-39(15-3-1)56-36-57-46-20-8-13-25-55(46)62-59(64(57)63-56)41-32-28-38(29-33-41)37-26-30-40(31-27-37)58-49-34-48-44-18-6-11-23-52(44)60(53(48)35-47(49)45-19-7-12-24-54(45)61-58)50-21-9-4-16-42(50)43-17-5-10-22-51(43)60/h2,4-36H,1,3H2. The van der Waals surface area contributed by atoms with E-state index >= 15 is 0 Å². The minimum absolute atomic E-state index is 0.406. The molecule has 4 nitrogen and oxygen atoms in total. The summed E-state index contributed by atoms with van der Waals surface area (Å²) in [6.07, 6.45) is 8.81. The van der Waals surface area contributed by atoms with E-state index in [1.807, 2.05) is 4.52 Å². The number of hydrogen-bond donors (Lipinski definition) is 0. The summed E-state index contributed by atoms with van der Waals surface area (Å²) in [7, 11) is 0. The summed E-state index contributed by atoms with van der Waals surface area (Å²) in [6, 6.07) is 68.9. The van der Waals surface area contributed by atoms with E-state index < -0.39 is 5.41 Å². The highest BCUT2D eigenvalue weighted by molar-refractivity contribution is 6.14. The van der Waals surface area contributed by atoms with Crippen molar-refractivity contribution in [1.29, 1.82) is 0 Å². The van der Waals surface area contributed by atoms with E-state index in [0.29, 0.717) is 0 Å². The van der Waals surface area contributed by atoms with Gasteiger partial charge in [0.1, 0.15) is 0 Å². The number of aromatic nitrogens is 4. The van der Waals surface area contributed by atoms with Gasteiger partial charge in [-0.15, -0.1) is 0 Å². The summed E-state index contributed by atoms with van der Waals surface area (Å²) < 4.78 is 2.02. The predicted octanol–water partition coefficient (Wildman–Crippen LogP) is 14.7. The molecule has 64 heavy (non-hydrogen) atoms. The number of nitrogens with zero attached hydrogens (tertiary/aromatic N) is 4. The first-order chi connectivity index (χ1) is 31.7. The molecule has 3 aliphatic carbocycles. The molecule has 0 fully saturated rings. The normalized spacial score (nSPS) is 14.3. The largest absolute Gasteiger partial charge is 0.247 e. The van der Waals surface area contributed by atoms with Gasteiger partial charge >= 0.3 is 0 Å². The molecule has 0 saturated heterocycles. The Bertz CT molecular complexity index is 3790. The van der Waals surface area contributed by atoms with Crippen LogP contribution in [0.4, 0.5) is 0 Å². The van der Waals surface area contributed by atoms with Gasteiger partial charge in [0, 0.05) is 27.3 Å². The van der Waals surface area contributed by atoms with Crippen molar-refractivity contribution in [1.82, 2.24) is 19.6 Å². The van der Waals surface area contributed by atoms with Crippen molar-refractivity contribution in [3.05, 3.63) is 234 Å². The minimum Gasteiger partial charge on any atom is -0.247 e. The van der Waals surface area contributed by atoms with Gasteiger partial charge in [0.25, 0.3) is 0 Å². The van der Waals surface area contributed by atoms with E-state index in [1.54, 1.807) is 0 Å². The molecule has 0 radical (unpaired) electrons. The SMILES string of the molecule is C1=CC(c2cc3c4ccccc4nc(-c4ccc(-c5ccc(-c6nc7ccccc7c7cc8c(cc67)-c6ccccc6C86c7ccccc7-c7ccccc76)cc5)cc4)n3n2)=CCC1. The van der Waals surface area contributed by atoms with Crippen LogP contribution in [0.5, 0.6) is 0 Å². The lowest BCUT2D eigenvalue weighted by atomic mass is 9.70. The maximum Gasteiger partial charge on any atom is 0.161 e. The summed E-state index contributed by atoms with van der Waals surface area (Å²) >= 11 is 0. The first-order valence-corrected chi connectivity index (χ1v) is 22.3. The van der Waals surface area contributed by atoms with Crippen LogP contribution >= 0.6 is 0 Å². The zero-order chi connectivity index (χ0) is 41.9. The zero-order valence-electron chi connectivity index (χ0n) is 34.8. The highest BCUT2D eigenvalue weighted by Crippen LogP contribution is 2.63. The van der Waals surface area contributed by atoms with E-state index in [4.69, 9.17) is 15.1 Å². The fourth-order valence-corrected chi connectivity index (χ4v) is 11.2. The lowest BCUT2D eigenvalue weighted by Gasteiger charge is -2.30. The smallest absolute Gasteiger partial charge is 0.161 e.